The summed E-state index contributed by atoms with van der Waals surface area (Å²) in [5.41, 5.74) is 1.24. The highest BCUT2D eigenvalue weighted by atomic mass is 16.5. The fraction of sp³-hybridized carbons (Fsp3) is 0.286. The van der Waals surface area contributed by atoms with Gasteiger partial charge in [-0.15, -0.1) is 0 Å². The molecule has 1 saturated heterocycles. The topological polar surface area (TPSA) is 78.5 Å². The summed E-state index contributed by atoms with van der Waals surface area (Å²) in [7, 11) is 1.66. The third-order valence-corrected chi connectivity index (χ3v) is 5.12. The molecule has 0 radical (unpaired) electrons. The van der Waals surface area contributed by atoms with Crippen LogP contribution in [-0.2, 0) is 6.54 Å². The van der Waals surface area contributed by atoms with Gasteiger partial charge in [0.05, 0.1) is 12.5 Å². The number of fused-ring (bicyclic) bond motifs is 1. The van der Waals surface area contributed by atoms with Gasteiger partial charge >= 0.3 is 0 Å². The molecule has 7 nitrogen and oxygen atoms in total. The average molecular weight is 378 g/mol. The summed E-state index contributed by atoms with van der Waals surface area (Å²) in [4.78, 5) is 29.0. The van der Waals surface area contributed by atoms with Crippen molar-refractivity contribution in [3.05, 3.63) is 70.1 Å². The number of aromatic amines is 1. The molecule has 0 saturated carbocycles. The van der Waals surface area contributed by atoms with Crippen molar-refractivity contribution in [3.8, 4) is 5.75 Å². The van der Waals surface area contributed by atoms with Crippen molar-refractivity contribution in [1.82, 2.24) is 20.0 Å². The maximum Gasteiger partial charge on any atom is 0.275 e. The molecule has 1 aliphatic heterocycles. The van der Waals surface area contributed by atoms with Gasteiger partial charge in [-0.25, -0.2) is 5.10 Å². The minimum absolute atomic E-state index is 0.142. The number of hydrogen-bond acceptors (Lipinski definition) is 5. The molecule has 0 atom stereocenters. The number of benzene rings is 2. The Kier molecular flexibility index (Phi) is 5.08. The van der Waals surface area contributed by atoms with Crippen LogP contribution < -0.4 is 10.3 Å². The lowest BCUT2D eigenvalue weighted by Crippen LogP contribution is -2.48. The van der Waals surface area contributed by atoms with E-state index < -0.39 is 0 Å². The van der Waals surface area contributed by atoms with Gasteiger partial charge in [-0.1, -0.05) is 30.3 Å². The van der Waals surface area contributed by atoms with Gasteiger partial charge in [-0.3, -0.25) is 14.5 Å². The highest BCUT2D eigenvalue weighted by Crippen LogP contribution is 2.17. The Morgan fingerprint density at radius 1 is 1.04 bits per heavy atom. The van der Waals surface area contributed by atoms with Crippen molar-refractivity contribution >= 4 is 16.7 Å². The molecule has 3 aromatic rings. The molecule has 0 unspecified atom stereocenters. The SMILES string of the molecule is COc1ccc(CN2CCN(C(=O)c3n[nH]c(=O)c4ccccc34)CC2)cc1. The number of nitrogens with zero attached hydrogens (tertiary/aromatic N) is 3. The van der Waals surface area contributed by atoms with E-state index in [1.165, 1.54) is 5.56 Å². The third kappa shape index (κ3) is 3.61. The second-order valence-electron chi connectivity index (χ2n) is 6.86. The van der Waals surface area contributed by atoms with Gasteiger partial charge in [0.1, 0.15) is 5.75 Å². The van der Waals surface area contributed by atoms with Gasteiger partial charge in [-0.05, 0) is 23.8 Å². The lowest BCUT2D eigenvalue weighted by Gasteiger charge is -2.34. The van der Waals surface area contributed by atoms with Crippen LogP contribution in [0.2, 0.25) is 0 Å². The van der Waals surface area contributed by atoms with Crippen molar-refractivity contribution in [2.45, 2.75) is 6.54 Å². The largest absolute Gasteiger partial charge is 0.497 e. The number of rotatable bonds is 4. The van der Waals surface area contributed by atoms with Gasteiger partial charge in [0.15, 0.2) is 5.69 Å². The van der Waals surface area contributed by atoms with Gasteiger partial charge in [0.2, 0.25) is 0 Å². The van der Waals surface area contributed by atoms with Crippen LogP contribution in [0.5, 0.6) is 5.75 Å². The molecule has 1 aliphatic rings. The van der Waals surface area contributed by atoms with E-state index in [0.29, 0.717) is 29.6 Å². The van der Waals surface area contributed by atoms with Gasteiger partial charge in [0, 0.05) is 38.1 Å². The van der Waals surface area contributed by atoms with Crippen LogP contribution in [-0.4, -0.2) is 59.2 Å². The molecule has 2 aromatic carbocycles. The minimum Gasteiger partial charge on any atom is -0.497 e. The number of amides is 1. The fourth-order valence-corrected chi connectivity index (χ4v) is 3.53. The van der Waals surface area contributed by atoms with Crippen molar-refractivity contribution in [2.24, 2.45) is 0 Å². The summed E-state index contributed by atoms with van der Waals surface area (Å²) in [6, 6.07) is 15.1. The number of ether oxygens (including phenoxy) is 1. The van der Waals surface area contributed by atoms with Crippen LogP contribution in [0.3, 0.4) is 0 Å². The summed E-state index contributed by atoms with van der Waals surface area (Å²) >= 11 is 0. The maximum absolute atomic E-state index is 13.0. The highest BCUT2D eigenvalue weighted by molar-refractivity contribution is 6.04. The normalized spacial score (nSPS) is 15.0. The number of carbonyl (C=O) groups is 1. The zero-order valence-corrected chi connectivity index (χ0v) is 15.7. The lowest BCUT2D eigenvalue weighted by molar-refractivity contribution is 0.0623. The summed E-state index contributed by atoms with van der Waals surface area (Å²) in [6.45, 7) is 3.68. The van der Waals surface area contributed by atoms with Gasteiger partial charge in [0.25, 0.3) is 11.5 Å². The molecule has 28 heavy (non-hydrogen) atoms. The highest BCUT2D eigenvalue weighted by Gasteiger charge is 2.25. The van der Waals surface area contributed by atoms with Gasteiger partial charge < -0.3 is 9.64 Å². The Morgan fingerprint density at radius 3 is 2.39 bits per heavy atom. The molecular weight excluding hydrogens is 356 g/mol. The molecular formula is C21H22N4O3. The van der Waals surface area contributed by atoms with Crippen molar-refractivity contribution in [3.63, 3.8) is 0 Å². The van der Waals surface area contributed by atoms with E-state index in [0.717, 1.165) is 25.4 Å². The molecule has 1 amide bonds. The molecule has 1 fully saturated rings. The van der Waals surface area contributed by atoms with E-state index in [-0.39, 0.29) is 11.5 Å². The number of aromatic nitrogens is 2. The van der Waals surface area contributed by atoms with Gasteiger partial charge in [-0.2, -0.15) is 5.10 Å². The van der Waals surface area contributed by atoms with Crippen LogP contribution in [0.25, 0.3) is 10.8 Å². The molecule has 2 heterocycles. The molecule has 0 bridgehead atoms. The summed E-state index contributed by atoms with van der Waals surface area (Å²) < 4.78 is 5.19. The second kappa shape index (κ2) is 7.82. The zero-order chi connectivity index (χ0) is 19.5. The fourth-order valence-electron chi connectivity index (χ4n) is 3.53. The van der Waals surface area contributed by atoms with E-state index in [1.807, 2.05) is 18.2 Å². The molecule has 4 rings (SSSR count). The van der Waals surface area contributed by atoms with Crippen LogP contribution >= 0.6 is 0 Å². The molecule has 1 N–H and O–H groups in total. The van der Waals surface area contributed by atoms with Crippen LogP contribution in [0.15, 0.2) is 53.3 Å². The first-order valence-corrected chi connectivity index (χ1v) is 9.27. The van der Waals surface area contributed by atoms with Crippen LogP contribution in [0.4, 0.5) is 0 Å². The molecule has 144 valence electrons. The van der Waals surface area contributed by atoms with E-state index in [9.17, 15) is 9.59 Å². The first-order chi connectivity index (χ1) is 13.7. The van der Waals surface area contributed by atoms with E-state index in [1.54, 1.807) is 30.2 Å². The molecule has 0 aliphatic carbocycles. The van der Waals surface area contributed by atoms with E-state index in [4.69, 9.17) is 4.74 Å². The van der Waals surface area contributed by atoms with Crippen LogP contribution in [0.1, 0.15) is 16.1 Å². The summed E-state index contributed by atoms with van der Waals surface area (Å²) in [6.07, 6.45) is 0. The number of nitrogens with one attached hydrogen (secondary N) is 1. The predicted molar refractivity (Wildman–Crippen MR) is 107 cm³/mol. The molecule has 0 spiro atoms. The Morgan fingerprint density at radius 2 is 1.71 bits per heavy atom. The average Bonchev–Trinajstić information content (AvgIpc) is 2.75. The second-order valence-corrected chi connectivity index (χ2v) is 6.86. The van der Waals surface area contributed by atoms with Crippen LogP contribution in [0, 0.1) is 0 Å². The van der Waals surface area contributed by atoms with E-state index in [2.05, 4.69) is 27.2 Å². The van der Waals surface area contributed by atoms with Crippen molar-refractivity contribution in [1.29, 1.82) is 0 Å². The minimum atomic E-state index is -0.281. The Bertz CT molecular complexity index is 1040. The monoisotopic (exact) mass is 378 g/mol. The lowest BCUT2D eigenvalue weighted by atomic mass is 10.1. The molecule has 1 aromatic heterocycles. The number of carbonyl (C=O) groups excluding carboxylic acids is 1. The Balaban J connectivity index is 1.43. The predicted octanol–water partition coefficient (Wildman–Crippen LogP) is 1.89. The van der Waals surface area contributed by atoms with Crippen molar-refractivity contribution < 1.29 is 9.53 Å². The standard InChI is InChI=1S/C21H22N4O3/c1-28-16-8-6-15(7-9-16)14-24-10-12-25(13-11-24)21(27)19-17-4-2-3-5-18(17)20(26)23-22-19/h2-9H,10-14H2,1H3,(H,23,26). The van der Waals surface area contributed by atoms with Crippen molar-refractivity contribution in [2.75, 3.05) is 33.3 Å². The van der Waals surface area contributed by atoms with E-state index >= 15 is 0 Å². The summed E-state index contributed by atoms with van der Waals surface area (Å²) in [5, 5.41) is 7.55. The quantitative estimate of drug-likeness (QED) is 0.750. The first kappa shape index (κ1) is 18.2. The zero-order valence-electron chi connectivity index (χ0n) is 15.7. The first-order valence-electron chi connectivity index (χ1n) is 9.27. The number of H-pyrrole nitrogens is 1. The maximum atomic E-state index is 13.0. The Hall–Kier alpha value is -3.19. The smallest absolute Gasteiger partial charge is 0.275 e. The number of hydrogen-bond donors (Lipinski definition) is 1. The number of methoxy groups -OCH3 is 1. The number of piperazine rings is 1. The molecule has 7 heteroatoms. The third-order valence-electron chi connectivity index (χ3n) is 5.12. The summed E-state index contributed by atoms with van der Waals surface area (Å²) in [5.74, 6) is 0.705. The Labute approximate surface area is 162 Å².